The smallest absolute Gasteiger partial charge is 0.451 e. The number of nitrogens with zero attached hydrogens (tertiary/aromatic N) is 2. The summed E-state index contributed by atoms with van der Waals surface area (Å²) in [5.41, 5.74) is 3.60. The summed E-state index contributed by atoms with van der Waals surface area (Å²) in [4.78, 5) is 38.8. The van der Waals surface area contributed by atoms with Crippen molar-refractivity contribution in [2.24, 2.45) is 23.5 Å². The molecule has 2 aliphatic carbocycles. The monoisotopic (exact) mass is 423 g/mol. The number of aromatic amines is 1. The molecule has 1 aromatic heterocycles. The molecular formula is C14H16F3N5O5S. The molecule has 3 rings (SSSR count). The Hall–Kier alpha value is -2.35. The summed E-state index contributed by atoms with van der Waals surface area (Å²) in [7, 11) is 0. The average Bonchev–Trinajstić information content (AvgIpc) is 3.00. The van der Waals surface area contributed by atoms with Gasteiger partial charge in [0.1, 0.15) is 5.54 Å². The van der Waals surface area contributed by atoms with Crippen molar-refractivity contribution in [3.63, 3.8) is 0 Å². The molecule has 0 bridgehead atoms. The number of alkyl halides is 3. The number of halogens is 3. The predicted octanol–water partition coefficient (Wildman–Crippen LogP) is -0.0785. The van der Waals surface area contributed by atoms with Crippen LogP contribution in [0.1, 0.15) is 19.2 Å². The molecule has 154 valence electrons. The largest absolute Gasteiger partial charge is 0.481 e. The number of rotatable bonds is 6. The number of carbonyl (C=O) groups is 3. The SMILES string of the molecule is CC(N)C(=O)NC1(C(=O)O)CC(Sc2n[nH]c(C(F)(F)F)n2)C2C(C(=O)O)C21. The fraction of sp³-hybridized carbons (Fsp3) is 0.643. The zero-order valence-corrected chi connectivity index (χ0v) is 15.0. The number of amides is 1. The highest BCUT2D eigenvalue weighted by molar-refractivity contribution is 7.99. The van der Waals surface area contributed by atoms with E-state index in [9.17, 15) is 37.8 Å². The number of aromatic nitrogens is 3. The van der Waals surface area contributed by atoms with Gasteiger partial charge in [-0.1, -0.05) is 11.8 Å². The minimum Gasteiger partial charge on any atom is -0.481 e. The quantitative estimate of drug-likeness (QED) is 0.420. The second-order valence-corrected chi connectivity index (χ2v) is 8.05. The minimum absolute atomic E-state index is 0.194. The van der Waals surface area contributed by atoms with Crippen LogP contribution in [-0.4, -0.2) is 60.1 Å². The third-order valence-corrected chi connectivity index (χ3v) is 6.19. The number of nitrogens with two attached hydrogens (primary N) is 1. The van der Waals surface area contributed by atoms with Gasteiger partial charge in [0.15, 0.2) is 0 Å². The summed E-state index contributed by atoms with van der Waals surface area (Å²) in [6.07, 6.45) is -4.93. The van der Waals surface area contributed by atoms with Gasteiger partial charge >= 0.3 is 18.1 Å². The summed E-state index contributed by atoms with van der Waals surface area (Å²) in [5.74, 6) is -7.38. The Morgan fingerprint density at radius 3 is 2.50 bits per heavy atom. The number of hydrogen-bond acceptors (Lipinski definition) is 7. The van der Waals surface area contributed by atoms with Crippen LogP contribution in [0.3, 0.4) is 0 Å². The van der Waals surface area contributed by atoms with Gasteiger partial charge in [-0.25, -0.2) is 4.79 Å². The highest BCUT2D eigenvalue weighted by atomic mass is 32.2. The molecule has 1 aromatic rings. The maximum atomic E-state index is 12.7. The average molecular weight is 423 g/mol. The van der Waals surface area contributed by atoms with Crippen molar-refractivity contribution in [2.75, 3.05) is 0 Å². The van der Waals surface area contributed by atoms with Gasteiger partial charge < -0.3 is 21.3 Å². The molecule has 0 radical (unpaired) electrons. The zero-order chi connectivity index (χ0) is 21.0. The Bertz CT molecular complexity index is 831. The van der Waals surface area contributed by atoms with E-state index < -0.39 is 64.4 Å². The Morgan fingerprint density at radius 2 is 2.04 bits per heavy atom. The molecule has 0 aliphatic heterocycles. The van der Waals surface area contributed by atoms with Crippen LogP contribution in [0.2, 0.25) is 0 Å². The van der Waals surface area contributed by atoms with E-state index in [1.54, 1.807) is 5.10 Å². The number of carboxylic acids is 2. The van der Waals surface area contributed by atoms with E-state index >= 15 is 0 Å². The Labute approximate surface area is 159 Å². The molecule has 6 N–H and O–H groups in total. The fourth-order valence-electron chi connectivity index (χ4n) is 3.77. The number of nitrogens with one attached hydrogen (secondary N) is 2. The van der Waals surface area contributed by atoms with E-state index in [-0.39, 0.29) is 11.6 Å². The maximum Gasteiger partial charge on any atom is 0.451 e. The zero-order valence-electron chi connectivity index (χ0n) is 14.2. The Kier molecular flexibility index (Phi) is 4.82. The lowest BCUT2D eigenvalue weighted by Crippen LogP contribution is -2.59. The molecule has 1 amide bonds. The van der Waals surface area contributed by atoms with Crippen LogP contribution in [0.15, 0.2) is 5.16 Å². The lowest BCUT2D eigenvalue weighted by Gasteiger charge is -2.30. The molecule has 2 saturated carbocycles. The van der Waals surface area contributed by atoms with Gasteiger partial charge in [0, 0.05) is 11.2 Å². The molecule has 0 saturated heterocycles. The fourth-order valence-corrected chi connectivity index (χ4v) is 5.13. The summed E-state index contributed by atoms with van der Waals surface area (Å²) < 4.78 is 38.0. The lowest BCUT2D eigenvalue weighted by atomic mass is 9.89. The molecule has 1 heterocycles. The summed E-state index contributed by atoms with van der Waals surface area (Å²) in [6, 6.07) is -1.02. The van der Waals surface area contributed by atoms with Crippen LogP contribution in [0.25, 0.3) is 0 Å². The molecule has 14 heteroatoms. The second-order valence-electron chi connectivity index (χ2n) is 6.85. The van der Waals surface area contributed by atoms with Crippen LogP contribution in [0.5, 0.6) is 0 Å². The molecule has 28 heavy (non-hydrogen) atoms. The molecule has 6 unspecified atom stereocenters. The van der Waals surface area contributed by atoms with E-state index in [2.05, 4.69) is 15.4 Å². The minimum atomic E-state index is -4.73. The van der Waals surface area contributed by atoms with Crippen molar-refractivity contribution in [2.45, 2.75) is 41.5 Å². The van der Waals surface area contributed by atoms with Gasteiger partial charge in [0.2, 0.25) is 16.9 Å². The van der Waals surface area contributed by atoms with Gasteiger partial charge in [0.25, 0.3) is 0 Å². The number of fused-ring (bicyclic) bond motifs is 1. The van der Waals surface area contributed by atoms with Crippen molar-refractivity contribution in [1.82, 2.24) is 20.5 Å². The summed E-state index contributed by atoms with van der Waals surface area (Å²) in [6.45, 7) is 1.34. The maximum absolute atomic E-state index is 12.7. The first-order valence-electron chi connectivity index (χ1n) is 8.08. The van der Waals surface area contributed by atoms with Crippen molar-refractivity contribution in [3.8, 4) is 0 Å². The molecular weight excluding hydrogens is 407 g/mol. The first kappa shape index (κ1) is 20.4. The van der Waals surface area contributed by atoms with Gasteiger partial charge in [-0.15, -0.1) is 5.10 Å². The van der Waals surface area contributed by atoms with Crippen molar-refractivity contribution >= 4 is 29.6 Å². The predicted molar refractivity (Wildman–Crippen MR) is 85.9 cm³/mol. The molecule has 0 spiro atoms. The van der Waals surface area contributed by atoms with Crippen LogP contribution in [-0.2, 0) is 20.6 Å². The topological polar surface area (TPSA) is 171 Å². The van der Waals surface area contributed by atoms with E-state index in [0.29, 0.717) is 0 Å². The molecule has 6 atom stereocenters. The van der Waals surface area contributed by atoms with Crippen LogP contribution in [0, 0.1) is 17.8 Å². The number of carboxylic acid groups (broad SMARTS) is 2. The lowest BCUT2D eigenvalue weighted by molar-refractivity contribution is -0.150. The van der Waals surface area contributed by atoms with Crippen molar-refractivity contribution in [1.29, 1.82) is 0 Å². The second kappa shape index (κ2) is 6.62. The molecule has 10 nitrogen and oxygen atoms in total. The number of carbonyl (C=O) groups excluding carboxylic acids is 1. The van der Waals surface area contributed by atoms with Gasteiger partial charge in [-0.2, -0.15) is 18.2 Å². The number of thioether (sulfide) groups is 1. The van der Waals surface area contributed by atoms with Crippen molar-refractivity contribution < 1.29 is 37.8 Å². The molecule has 2 aliphatic rings. The van der Waals surface area contributed by atoms with E-state index in [1.165, 1.54) is 6.92 Å². The summed E-state index contributed by atoms with van der Waals surface area (Å²) in [5, 5.41) is 25.7. The third-order valence-electron chi connectivity index (χ3n) is 5.01. The summed E-state index contributed by atoms with van der Waals surface area (Å²) >= 11 is 0.752. The number of hydrogen-bond donors (Lipinski definition) is 5. The van der Waals surface area contributed by atoms with Crippen LogP contribution < -0.4 is 11.1 Å². The first-order chi connectivity index (χ1) is 12.9. The van der Waals surface area contributed by atoms with E-state index in [0.717, 1.165) is 11.8 Å². The van der Waals surface area contributed by atoms with E-state index in [4.69, 9.17) is 5.73 Å². The van der Waals surface area contributed by atoms with Crippen LogP contribution >= 0.6 is 11.8 Å². The van der Waals surface area contributed by atoms with Gasteiger partial charge in [-0.05, 0) is 19.3 Å². The van der Waals surface area contributed by atoms with Gasteiger partial charge in [-0.3, -0.25) is 14.7 Å². The van der Waals surface area contributed by atoms with Crippen molar-refractivity contribution in [3.05, 3.63) is 5.82 Å². The Morgan fingerprint density at radius 1 is 1.39 bits per heavy atom. The standard InChI is InChI=1S/C14H16F3N5O5S/c1-3(18)8(23)20-13(11(26)27)2-4(5-6(7(5)13)9(24)25)28-12-19-10(21-22-12)14(15,16)17/h3-7H,2,18H2,1H3,(H,20,23)(H,24,25)(H,26,27)(H,19,21,22). The first-order valence-corrected chi connectivity index (χ1v) is 8.96. The molecule has 0 aromatic carbocycles. The third kappa shape index (κ3) is 3.30. The number of aliphatic carboxylic acids is 2. The number of H-pyrrole nitrogens is 1. The highest BCUT2D eigenvalue weighted by Gasteiger charge is 2.75. The normalized spacial score (nSPS) is 32.5. The Balaban J connectivity index is 1.87. The van der Waals surface area contributed by atoms with Gasteiger partial charge in [0.05, 0.1) is 12.0 Å². The van der Waals surface area contributed by atoms with Crippen LogP contribution in [0.4, 0.5) is 13.2 Å². The molecule has 2 fully saturated rings. The van der Waals surface area contributed by atoms with E-state index in [1.807, 2.05) is 0 Å². The highest BCUT2D eigenvalue weighted by Crippen LogP contribution is 2.65.